The third-order valence-corrected chi connectivity index (χ3v) is 6.71. The zero-order valence-corrected chi connectivity index (χ0v) is 21.4. The highest BCUT2D eigenvalue weighted by Gasteiger charge is 2.38. The van der Waals surface area contributed by atoms with Crippen molar-refractivity contribution in [3.05, 3.63) is 93.9 Å². The maximum absolute atomic E-state index is 13.8. The van der Waals surface area contributed by atoms with Gasteiger partial charge in [0, 0.05) is 29.3 Å². The van der Waals surface area contributed by atoms with E-state index in [2.05, 4.69) is 29.0 Å². The molecule has 2 aromatic carbocycles. The summed E-state index contributed by atoms with van der Waals surface area (Å²) in [7, 11) is 0. The van der Waals surface area contributed by atoms with Crippen LogP contribution in [0.2, 0.25) is 0 Å². The average molecular weight is 482 g/mol. The first-order valence-corrected chi connectivity index (χ1v) is 12.4. The standard InChI is InChI=1S/C29H31N5O2/c1-6-36-24-13-11-22(12-14-24)25-16-26(35)33(17-23-10-8-7-9-18(23)2)28-27(25)21(5)32-34(28)29-30-19(3)15-20(4)31-29/h7-15,25H,6,16-17H2,1-5H3. The van der Waals surface area contributed by atoms with Gasteiger partial charge in [0.25, 0.3) is 5.95 Å². The molecular formula is C29H31N5O2. The van der Waals surface area contributed by atoms with Crippen molar-refractivity contribution in [2.24, 2.45) is 0 Å². The van der Waals surface area contributed by atoms with Crippen LogP contribution in [0.1, 0.15) is 58.6 Å². The van der Waals surface area contributed by atoms with Crippen molar-refractivity contribution >= 4 is 11.7 Å². The fourth-order valence-electron chi connectivity index (χ4n) is 5.01. The third kappa shape index (κ3) is 4.37. The quantitative estimate of drug-likeness (QED) is 0.371. The molecule has 3 heterocycles. The van der Waals surface area contributed by atoms with Crippen LogP contribution in [0, 0.1) is 27.7 Å². The maximum Gasteiger partial charge on any atom is 0.252 e. The average Bonchev–Trinajstić information content (AvgIpc) is 3.19. The number of carbonyl (C=O) groups excluding carboxylic acids is 1. The molecule has 1 unspecified atom stereocenters. The van der Waals surface area contributed by atoms with Crippen molar-refractivity contribution in [3.63, 3.8) is 0 Å². The van der Waals surface area contributed by atoms with Crippen molar-refractivity contribution < 1.29 is 9.53 Å². The molecule has 1 aliphatic rings. The molecule has 0 radical (unpaired) electrons. The summed E-state index contributed by atoms with van der Waals surface area (Å²) in [5.41, 5.74) is 6.93. The summed E-state index contributed by atoms with van der Waals surface area (Å²) in [6, 6.07) is 18.1. The first-order valence-electron chi connectivity index (χ1n) is 12.4. The van der Waals surface area contributed by atoms with Crippen LogP contribution >= 0.6 is 0 Å². The molecule has 1 atom stereocenters. The van der Waals surface area contributed by atoms with Crippen LogP contribution in [0.5, 0.6) is 5.75 Å². The van der Waals surface area contributed by atoms with Gasteiger partial charge in [-0.15, -0.1) is 0 Å². The van der Waals surface area contributed by atoms with Gasteiger partial charge in [-0.25, -0.2) is 9.97 Å². The van der Waals surface area contributed by atoms with E-state index in [4.69, 9.17) is 9.84 Å². The number of rotatable bonds is 6. The number of aromatic nitrogens is 4. The Kier molecular flexibility index (Phi) is 6.31. The number of amides is 1. The van der Waals surface area contributed by atoms with Crippen LogP contribution < -0.4 is 9.64 Å². The molecule has 1 aliphatic heterocycles. The largest absolute Gasteiger partial charge is 0.494 e. The van der Waals surface area contributed by atoms with Crippen LogP contribution in [0.25, 0.3) is 5.95 Å². The number of nitrogens with zero attached hydrogens (tertiary/aromatic N) is 5. The van der Waals surface area contributed by atoms with E-state index in [0.29, 0.717) is 25.5 Å². The van der Waals surface area contributed by atoms with Gasteiger partial charge in [0.2, 0.25) is 5.91 Å². The fraction of sp³-hybridized carbons (Fsp3) is 0.310. The highest BCUT2D eigenvalue weighted by molar-refractivity contribution is 5.97. The Balaban J connectivity index is 1.68. The summed E-state index contributed by atoms with van der Waals surface area (Å²) >= 11 is 0. The lowest BCUT2D eigenvalue weighted by Gasteiger charge is -2.33. The van der Waals surface area contributed by atoms with Gasteiger partial charge >= 0.3 is 0 Å². The minimum Gasteiger partial charge on any atom is -0.494 e. The van der Waals surface area contributed by atoms with Gasteiger partial charge in [-0.2, -0.15) is 9.78 Å². The van der Waals surface area contributed by atoms with Gasteiger partial charge in [0.15, 0.2) is 0 Å². The van der Waals surface area contributed by atoms with Crippen LogP contribution in [0.3, 0.4) is 0 Å². The number of hydrogen-bond acceptors (Lipinski definition) is 5. The molecule has 0 bridgehead atoms. The Bertz CT molecular complexity index is 1400. The van der Waals surface area contributed by atoms with Gasteiger partial charge < -0.3 is 4.74 Å². The Morgan fingerprint density at radius 3 is 2.33 bits per heavy atom. The summed E-state index contributed by atoms with van der Waals surface area (Å²) in [6.45, 7) is 11.0. The second-order valence-electron chi connectivity index (χ2n) is 9.35. The molecule has 184 valence electrons. The molecule has 0 fully saturated rings. The Morgan fingerprint density at radius 2 is 1.67 bits per heavy atom. The monoisotopic (exact) mass is 481 g/mol. The second kappa shape index (κ2) is 9.57. The molecule has 36 heavy (non-hydrogen) atoms. The van der Waals surface area contributed by atoms with E-state index in [9.17, 15) is 4.79 Å². The molecule has 0 spiro atoms. The molecule has 0 saturated carbocycles. The Hall–Kier alpha value is -4.00. The predicted molar refractivity (Wildman–Crippen MR) is 140 cm³/mol. The predicted octanol–water partition coefficient (Wildman–Crippen LogP) is 5.36. The zero-order valence-electron chi connectivity index (χ0n) is 21.4. The van der Waals surface area contributed by atoms with E-state index in [1.807, 2.05) is 75.1 Å². The van der Waals surface area contributed by atoms with Crippen molar-refractivity contribution in [2.45, 2.75) is 53.5 Å². The number of hydrogen-bond donors (Lipinski definition) is 0. The van der Waals surface area contributed by atoms with E-state index in [1.54, 1.807) is 4.68 Å². The lowest BCUT2D eigenvalue weighted by Crippen LogP contribution is -2.38. The minimum atomic E-state index is -0.115. The molecule has 0 aliphatic carbocycles. The lowest BCUT2D eigenvalue weighted by molar-refractivity contribution is -0.119. The van der Waals surface area contributed by atoms with Crippen molar-refractivity contribution in [3.8, 4) is 11.7 Å². The summed E-state index contributed by atoms with van der Waals surface area (Å²) in [6.07, 6.45) is 0.368. The van der Waals surface area contributed by atoms with Gasteiger partial charge in [-0.05, 0) is 69.5 Å². The van der Waals surface area contributed by atoms with Crippen molar-refractivity contribution in [1.82, 2.24) is 19.7 Å². The maximum atomic E-state index is 13.8. The number of ether oxygens (including phenoxy) is 1. The molecule has 4 aromatic rings. The van der Waals surface area contributed by atoms with Crippen LogP contribution in [0.4, 0.5) is 5.82 Å². The summed E-state index contributed by atoms with van der Waals surface area (Å²) < 4.78 is 7.38. The van der Waals surface area contributed by atoms with Crippen LogP contribution in [-0.2, 0) is 11.3 Å². The molecule has 5 rings (SSSR count). The van der Waals surface area contributed by atoms with Gasteiger partial charge in [-0.1, -0.05) is 36.4 Å². The number of fused-ring (bicyclic) bond motifs is 1. The van der Waals surface area contributed by atoms with E-state index in [1.165, 1.54) is 0 Å². The van der Waals surface area contributed by atoms with E-state index < -0.39 is 0 Å². The highest BCUT2D eigenvalue weighted by atomic mass is 16.5. The number of aryl methyl sites for hydroxylation is 4. The fourth-order valence-corrected chi connectivity index (χ4v) is 5.01. The van der Waals surface area contributed by atoms with Gasteiger partial charge in [0.1, 0.15) is 11.6 Å². The lowest BCUT2D eigenvalue weighted by atomic mass is 9.85. The normalized spacial score (nSPS) is 15.2. The van der Waals surface area contributed by atoms with Gasteiger partial charge in [-0.3, -0.25) is 9.69 Å². The summed E-state index contributed by atoms with van der Waals surface area (Å²) in [5, 5.41) is 4.89. The number of anilines is 1. The van der Waals surface area contributed by atoms with E-state index in [0.717, 1.165) is 50.9 Å². The topological polar surface area (TPSA) is 73.1 Å². The number of benzene rings is 2. The van der Waals surface area contributed by atoms with E-state index >= 15 is 0 Å². The van der Waals surface area contributed by atoms with Crippen molar-refractivity contribution in [2.75, 3.05) is 11.5 Å². The molecular weight excluding hydrogens is 450 g/mol. The zero-order chi connectivity index (χ0) is 25.4. The van der Waals surface area contributed by atoms with Crippen molar-refractivity contribution in [1.29, 1.82) is 0 Å². The Labute approximate surface area is 211 Å². The first kappa shape index (κ1) is 23.7. The molecule has 0 N–H and O–H groups in total. The number of carbonyl (C=O) groups is 1. The van der Waals surface area contributed by atoms with Crippen LogP contribution in [0.15, 0.2) is 54.6 Å². The van der Waals surface area contributed by atoms with E-state index in [-0.39, 0.29) is 11.8 Å². The smallest absolute Gasteiger partial charge is 0.252 e. The summed E-state index contributed by atoms with van der Waals surface area (Å²) in [4.78, 5) is 25.0. The molecule has 0 saturated heterocycles. The van der Waals surface area contributed by atoms with Crippen LogP contribution in [-0.4, -0.2) is 32.3 Å². The third-order valence-electron chi connectivity index (χ3n) is 6.71. The SMILES string of the molecule is CCOc1ccc(C2CC(=O)N(Cc3ccccc3C)c3c2c(C)nn3-c2nc(C)cc(C)n2)cc1. The minimum absolute atomic E-state index is 0.0511. The summed E-state index contributed by atoms with van der Waals surface area (Å²) in [5.74, 6) is 1.98. The second-order valence-corrected chi connectivity index (χ2v) is 9.35. The van der Waals surface area contributed by atoms with Gasteiger partial charge in [0.05, 0.1) is 18.8 Å². The first-order chi connectivity index (χ1) is 17.4. The molecule has 7 nitrogen and oxygen atoms in total. The highest BCUT2D eigenvalue weighted by Crippen LogP contribution is 2.43. The molecule has 2 aromatic heterocycles. The Morgan fingerprint density at radius 1 is 0.972 bits per heavy atom. The molecule has 7 heteroatoms. The molecule has 1 amide bonds.